The average molecular weight is 1050 g/mol. The first kappa shape index (κ1) is 55.6. The normalized spacial score (nSPS) is 17.5. The molecule has 2 heterocycles. The van der Waals surface area contributed by atoms with E-state index < -0.39 is 18.0 Å². The summed E-state index contributed by atoms with van der Waals surface area (Å²) in [5.74, 6) is 1.42. The fourth-order valence-electron chi connectivity index (χ4n) is 10.4. The molecule has 10 rings (SSSR count). The Bertz CT molecular complexity index is 3260. The number of para-hydroxylation sites is 4. The molecule has 0 aromatic heterocycles. The predicted octanol–water partition coefficient (Wildman–Crippen LogP) is 13.0. The summed E-state index contributed by atoms with van der Waals surface area (Å²) in [5.41, 5.74) is 10.4. The number of carbonyl (C=O) groups excluding carboxylic acids is 5. The van der Waals surface area contributed by atoms with Crippen molar-refractivity contribution >= 4 is 52.2 Å². The molecule has 404 valence electrons. The Labute approximate surface area is 456 Å². The van der Waals surface area contributed by atoms with Crippen LogP contribution in [0.4, 0.5) is 22.7 Å². The molecule has 14 heteroatoms. The second kappa shape index (κ2) is 24.1. The molecule has 6 aromatic carbocycles. The molecule has 0 bridgehead atoms. The van der Waals surface area contributed by atoms with Crippen molar-refractivity contribution in [3.05, 3.63) is 190 Å². The maximum Gasteiger partial charge on any atom is 0.310 e. The zero-order valence-corrected chi connectivity index (χ0v) is 45.8. The number of carbonyl (C=O) groups is 5. The SMILES string of the molecule is CC(=O)OC(C)=O.COc1cc(C2C3=C(CC(C)(C)CC3=O)Nc3ccccc3N2C(C)=O)ccc1OCc1ccccc1.COc1cc(C2Nc3ccccc3NC3=C2C(=O)CC(C)(C)C3)ccc1OCc1ccccc1. The third-order valence-electron chi connectivity index (χ3n) is 13.7. The predicted molar refractivity (Wildman–Crippen MR) is 302 cm³/mol. The van der Waals surface area contributed by atoms with E-state index in [9.17, 15) is 24.0 Å². The number of anilines is 4. The number of fused-ring (bicyclic) bond motifs is 2. The Morgan fingerprint density at radius 1 is 0.526 bits per heavy atom. The van der Waals surface area contributed by atoms with Crippen LogP contribution in [0.15, 0.2) is 168 Å². The van der Waals surface area contributed by atoms with Crippen LogP contribution in [-0.2, 0) is 41.9 Å². The number of ether oxygens (including phenoxy) is 5. The fraction of sp³-hybridized carbons (Fsp3) is 0.297. The number of nitrogens with one attached hydrogen (secondary N) is 3. The minimum Gasteiger partial charge on any atom is -0.493 e. The van der Waals surface area contributed by atoms with Gasteiger partial charge in [0.05, 0.1) is 49.1 Å². The summed E-state index contributed by atoms with van der Waals surface area (Å²) in [5, 5.41) is 10.7. The number of hydrogen-bond acceptors (Lipinski definition) is 13. The van der Waals surface area contributed by atoms with Gasteiger partial charge in [-0.15, -0.1) is 0 Å². The lowest BCUT2D eigenvalue weighted by molar-refractivity contribution is -0.156. The molecular formula is C64H68N4O10. The molecule has 4 aliphatic rings. The first-order valence-electron chi connectivity index (χ1n) is 26.0. The second-order valence-corrected chi connectivity index (χ2v) is 21.3. The van der Waals surface area contributed by atoms with Crippen molar-refractivity contribution in [2.24, 2.45) is 10.8 Å². The van der Waals surface area contributed by atoms with Gasteiger partial charge in [-0.3, -0.25) is 28.9 Å². The van der Waals surface area contributed by atoms with Crippen LogP contribution >= 0.6 is 0 Å². The second-order valence-electron chi connectivity index (χ2n) is 21.3. The molecule has 6 aromatic rings. The van der Waals surface area contributed by atoms with Crippen molar-refractivity contribution in [2.75, 3.05) is 35.1 Å². The van der Waals surface area contributed by atoms with Gasteiger partial charge >= 0.3 is 11.9 Å². The summed E-state index contributed by atoms with van der Waals surface area (Å²) in [6.45, 7) is 13.3. The summed E-state index contributed by atoms with van der Waals surface area (Å²) in [4.78, 5) is 61.6. The largest absolute Gasteiger partial charge is 0.493 e. The van der Waals surface area contributed by atoms with Crippen molar-refractivity contribution in [1.82, 2.24) is 0 Å². The van der Waals surface area contributed by atoms with Crippen molar-refractivity contribution in [3.63, 3.8) is 0 Å². The van der Waals surface area contributed by atoms with Crippen LogP contribution in [0.5, 0.6) is 23.0 Å². The number of hydrogen-bond donors (Lipinski definition) is 3. The number of ketones is 2. The van der Waals surface area contributed by atoms with Crippen LogP contribution in [0.3, 0.4) is 0 Å². The molecular weight excluding hydrogens is 985 g/mol. The lowest BCUT2D eigenvalue weighted by Gasteiger charge is -2.37. The summed E-state index contributed by atoms with van der Waals surface area (Å²) in [7, 11) is 3.24. The van der Waals surface area contributed by atoms with Crippen LogP contribution in [0, 0.1) is 10.8 Å². The van der Waals surface area contributed by atoms with Crippen LogP contribution in [0.25, 0.3) is 0 Å². The zero-order chi connectivity index (χ0) is 55.7. The summed E-state index contributed by atoms with van der Waals surface area (Å²) >= 11 is 0. The number of rotatable bonds is 10. The molecule has 14 nitrogen and oxygen atoms in total. The Morgan fingerprint density at radius 2 is 0.974 bits per heavy atom. The minimum atomic E-state index is -0.593. The zero-order valence-electron chi connectivity index (χ0n) is 45.8. The van der Waals surface area contributed by atoms with Crippen molar-refractivity contribution in [3.8, 4) is 23.0 Å². The Balaban J connectivity index is 0.000000184. The monoisotopic (exact) mass is 1050 g/mol. The van der Waals surface area contributed by atoms with Gasteiger partial charge in [0.25, 0.3) is 0 Å². The van der Waals surface area contributed by atoms with E-state index in [1.807, 2.05) is 146 Å². The average Bonchev–Trinajstić information content (AvgIpc) is 3.85. The maximum atomic E-state index is 13.7. The molecule has 2 aliphatic carbocycles. The molecule has 1 amide bonds. The van der Waals surface area contributed by atoms with Crippen LogP contribution in [0.2, 0.25) is 0 Å². The Hall–Kier alpha value is -8.65. The molecule has 0 saturated carbocycles. The van der Waals surface area contributed by atoms with Gasteiger partial charge in [0.1, 0.15) is 13.2 Å². The number of esters is 2. The highest BCUT2D eigenvalue weighted by Crippen LogP contribution is 2.50. The van der Waals surface area contributed by atoms with Crippen LogP contribution in [0.1, 0.15) is 108 Å². The minimum absolute atomic E-state index is 0.0474. The molecule has 0 fully saturated rings. The van der Waals surface area contributed by atoms with Crippen LogP contribution < -0.4 is 39.8 Å². The highest BCUT2D eigenvalue weighted by molar-refractivity contribution is 6.06. The van der Waals surface area contributed by atoms with Gasteiger partial charge in [-0.2, -0.15) is 0 Å². The smallest absolute Gasteiger partial charge is 0.310 e. The van der Waals surface area contributed by atoms with E-state index in [2.05, 4.69) is 48.4 Å². The third kappa shape index (κ3) is 13.3. The van der Waals surface area contributed by atoms with E-state index in [1.165, 1.54) is 13.8 Å². The van der Waals surface area contributed by atoms with Gasteiger partial charge in [-0.05, 0) is 94.5 Å². The summed E-state index contributed by atoms with van der Waals surface area (Å²) < 4.78 is 27.5. The van der Waals surface area contributed by atoms with Gasteiger partial charge in [0.2, 0.25) is 5.91 Å². The number of Topliss-reactive ketones (excluding diaryl/α,β-unsaturated/α-hetero) is 2. The van der Waals surface area contributed by atoms with Crippen molar-refractivity contribution < 1.29 is 47.7 Å². The van der Waals surface area contributed by atoms with E-state index in [0.717, 1.165) is 68.4 Å². The fourth-order valence-corrected chi connectivity index (χ4v) is 10.4. The molecule has 3 N–H and O–H groups in total. The van der Waals surface area contributed by atoms with Gasteiger partial charge in [-0.25, -0.2) is 0 Å². The van der Waals surface area contributed by atoms with Gasteiger partial charge in [-0.1, -0.05) is 125 Å². The van der Waals surface area contributed by atoms with E-state index in [4.69, 9.17) is 18.9 Å². The number of methoxy groups -OCH3 is 2. The molecule has 0 radical (unpaired) electrons. The highest BCUT2D eigenvalue weighted by atomic mass is 16.6. The standard InChI is InChI=1S/C31H32N2O4.C29H30N2O3.C4H6O3/c1-20(34)33-25-13-9-8-12-23(25)32-24-17-31(2,3)18-26(35)29(24)30(33)22-14-15-27(28(16-22)36-4)37-19-21-10-6-5-7-11-21;1-29(2)16-23-27(24(32)17-29)28(31-22-12-8-7-11-21(22)30-23)20-13-14-25(26(15-20)33-3)34-18-19-9-5-4-6-10-19;1-3(5)7-4(2)6/h5-16,30,32H,17-19H2,1-4H3;4-15,28,30-31H,16-18H2,1-3H3;1-2H3. The highest BCUT2D eigenvalue weighted by Gasteiger charge is 2.43. The van der Waals surface area contributed by atoms with E-state index in [-0.39, 0.29) is 34.3 Å². The molecule has 78 heavy (non-hydrogen) atoms. The lowest BCUT2D eigenvalue weighted by Crippen LogP contribution is -2.38. The van der Waals surface area contributed by atoms with E-state index in [0.29, 0.717) is 61.0 Å². The topological polar surface area (TPSA) is 171 Å². The van der Waals surface area contributed by atoms with E-state index >= 15 is 0 Å². The first-order valence-corrected chi connectivity index (χ1v) is 26.0. The van der Waals surface area contributed by atoms with Crippen LogP contribution in [-0.4, -0.2) is 43.6 Å². The first-order chi connectivity index (χ1) is 37.3. The van der Waals surface area contributed by atoms with Crippen molar-refractivity contribution in [2.45, 2.75) is 99.4 Å². The van der Waals surface area contributed by atoms with Gasteiger partial charge < -0.3 is 39.6 Å². The van der Waals surface area contributed by atoms with E-state index in [1.54, 1.807) is 26.0 Å². The number of benzene rings is 6. The molecule has 2 aliphatic heterocycles. The molecule has 2 unspecified atom stereocenters. The Morgan fingerprint density at radius 3 is 1.49 bits per heavy atom. The third-order valence-corrected chi connectivity index (χ3v) is 13.7. The molecule has 0 spiro atoms. The van der Waals surface area contributed by atoms with Crippen molar-refractivity contribution in [1.29, 1.82) is 0 Å². The Kier molecular flexibility index (Phi) is 17.2. The number of allylic oxidation sites excluding steroid dienone is 2. The summed E-state index contributed by atoms with van der Waals surface area (Å²) in [6, 6.07) is 46.5. The maximum absolute atomic E-state index is 13.7. The lowest BCUT2D eigenvalue weighted by atomic mass is 9.73. The summed E-state index contributed by atoms with van der Waals surface area (Å²) in [6.07, 6.45) is 2.47. The molecule has 2 atom stereocenters. The molecule has 0 saturated heterocycles. The van der Waals surface area contributed by atoms with Gasteiger partial charge in [0.15, 0.2) is 34.6 Å². The quantitative estimate of drug-likeness (QED) is 0.0875. The number of nitrogens with zero attached hydrogens (tertiary/aromatic N) is 1. The van der Waals surface area contributed by atoms with Gasteiger partial charge in [0, 0.05) is 56.2 Å². The number of amides is 1.